The summed E-state index contributed by atoms with van der Waals surface area (Å²) >= 11 is 0. The Morgan fingerprint density at radius 1 is 1.09 bits per heavy atom. The third-order valence-corrected chi connectivity index (χ3v) is 5.41. The summed E-state index contributed by atoms with van der Waals surface area (Å²) in [4.78, 5) is 29.1. The highest BCUT2D eigenvalue weighted by Gasteiger charge is 2.21. The lowest BCUT2D eigenvalue weighted by Gasteiger charge is -2.29. The molecule has 2 aromatic rings. The molecule has 0 aliphatic carbocycles. The first kappa shape index (κ1) is 23.6. The molecule has 0 bridgehead atoms. The maximum Gasteiger partial charge on any atom is 0.241 e. The van der Waals surface area contributed by atoms with Crippen LogP contribution in [0.2, 0.25) is 0 Å². The van der Waals surface area contributed by atoms with Gasteiger partial charge in [-0.05, 0) is 57.3 Å². The second kappa shape index (κ2) is 11.5. The summed E-state index contributed by atoms with van der Waals surface area (Å²) in [7, 11) is 1.75. The van der Waals surface area contributed by atoms with E-state index in [-0.39, 0.29) is 18.4 Å². The number of carbonyl (C=O) groups is 2. The van der Waals surface area contributed by atoms with Crippen LogP contribution in [0.15, 0.2) is 48.5 Å². The minimum absolute atomic E-state index is 0.0902. The van der Waals surface area contributed by atoms with E-state index in [0.717, 1.165) is 37.7 Å². The molecule has 8 nitrogen and oxygen atoms in total. The van der Waals surface area contributed by atoms with Crippen LogP contribution in [0.1, 0.15) is 13.8 Å². The van der Waals surface area contributed by atoms with Gasteiger partial charge < -0.3 is 25.0 Å². The van der Waals surface area contributed by atoms with Crippen molar-refractivity contribution >= 4 is 28.9 Å². The van der Waals surface area contributed by atoms with Gasteiger partial charge >= 0.3 is 0 Å². The minimum Gasteiger partial charge on any atom is -0.492 e. The number of morpholine rings is 1. The Bertz CT molecular complexity index is 897. The van der Waals surface area contributed by atoms with Crippen molar-refractivity contribution in [2.24, 2.45) is 0 Å². The number of carbonyl (C=O) groups excluding carboxylic acids is 2. The van der Waals surface area contributed by atoms with Crippen molar-refractivity contribution in [3.63, 3.8) is 0 Å². The number of hydrogen-bond donors (Lipinski definition) is 2. The van der Waals surface area contributed by atoms with Crippen molar-refractivity contribution in [3.8, 4) is 5.75 Å². The van der Waals surface area contributed by atoms with Gasteiger partial charge in [-0.2, -0.15) is 0 Å². The van der Waals surface area contributed by atoms with Crippen LogP contribution < -0.4 is 20.3 Å². The molecule has 1 unspecified atom stereocenters. The topological polar surface area (TPSA) is 83.1 Å². The van der Waals surface area contributed by atoms with Crippen molar-refractivity contribution in [2.45, 2.75) is 19.9 Å². The molecule has 0 spiro atoms. The van der Waals surface area contributed by atoms with Gasteiger partial charge in [0.15, 0.2) is 0 Å². The Morgan fingerprint density at radius 2 is 1.78 bits per heavy atom. The number of hydrogen-bond acceptors (Lipinski definition) is 6. The van der Waals surface area contributed by atoms with Crippen molar-refractivity contribution in [1.82, 2.24) is 4.90 Å². The molecule has 0 aromatic heterocycles. The predicted molar refractivity (Wildman–Crippen MR) is 126 cm³/mol. The molecule has 0 saturated carbocycles. The molecular weight excluding hydrogens is 408 g/mol. The number of ether oxygens (including phenoxy) is 2. The van der Waals surface area contributed by atoms with E-state index < -0.39 is 6.04 Å². The van der Waals surface area contributed by atoms with Gasteiger partial charge in [-0.15, -0.1) is 0 Å². The molecule has 2 amide bonds. The quantitative estimate of drug-likeness (QED) is 0.624. The Morgan fingerprint density at radius 3 is 2.47 bits per heavy atom. The highest BCUT2D eigenvalue weighted by molar-refractivity contribution is 5.97. The van der Waals surface area contributed by atoms with Gasteiger partial charge in [0.25, 0.3) is 0 Å². The summed E-state index contributed by atoms with van der Waals surface area (Å²) in [6.07, 6.45) is 0. The van der Waals surface area contributed by atoms with Gasteiger partial charge in [0.05, 0.1) is 38.1 Å². The minimum atomic E-state index is -0.501. The zero-order chi connectivity index (χ0) is 22.9. The summed E-state index contributed by atoms with van der Waals surface area (Å²) in [5.41, 5.74) is 2.45. The number of benzene rings is 2. The predicted octanol–water partition coefficient (Wildman–Crippen LogP) is 2.82. The molecule has 1 fully saturated rings. The van der Waals surface area contributed by atoms with Gasteiger partial charge in [-0.1, -0.05) is 12.1 Å². The summed E-state index contributed by atoms with van der Waals surface area (Å²) in [5, 5.41) is 5.78. The monoisotopic (exact) mass is 440 g/mol. The van der Waals surface area contributed by atoms with E-state index in [9.17, 15) is 9.59 Å². The van der Waals surface area contributed by atoms with E-state index in [2.05, 4.69) is 15.5 Å². The van der Waals surface area contributed by atoms with Crippen LogP contribution >= 0.6 is 0 Å². The third-order valence-electron chi connectivity index (χ3n) is 5.41. The van der Waals surface area contributed by atoms with Gasteiger partial charge in [-0.3, -0.25) is 14.5 Å². The molecule has 1 heterocycles. The summed E-state index contributed by atoms with van der Waals surface area (Å²) in [5.74, 6) is 0.236. The molecular formula is C24H32N4O4. The average molecular weight is 441 g/mol. The molecule has 8 heteroatoms. The summed E-state index contributed by atoms with van der Waals surface area (Å²) in [6.45, 7) is 7.45. The van der Waals surface area contributed by atoms with E-state index in [1.165, 1.54) is 0 Å². The first-order valence-electron chi connectivity index (χ1n) is 10.9. The van der Waals surface area contributed by atoms with Crippen molar-refractivity contribution in [2.75, 3.05) is 62.0 Å². The molecule has 1 aliphatic rings. The molecule has 32 heavy (non-hydrogen) atoms. The van der Waals surface area contributed by atoms with E-state index >= 15 is 0 Å². The fraction of sp³-hybridized carbons (Fsp3) is 0.417. The zero-order valence-corrected chi connectivity index (χ0v) is 19.0. The molecule has 1 saturated heterocycles. The van der Waals surface area contributed by atoms with Crippen molar-refractivity contribution in [3.05, 3.63) is 48.5 Å². The van der Waals surface area contributed by atoms with E-state index in [0.29, 0.717) is 18.0 Å². The molecule has 172 valence electrons. The summed E-state index contributed by atoms with van der Waals surface area (Å²) in [6, 6.07) is 14.6. The number of amides is 2. The standard InChI is InChI=1S/C24H32N4O4/c1-4-32-22-8-6-5-7-21(22)26-24(30)18(2)27(3)17-23(29)25-19-9-11-20(12-10-19)28-13-15-31-16-14-28/h5-12,18H,4,13-17H2,1-3H3,(H,25,29)(H,26,30). The Labute approximate surface area is 189 Å². The van der Waals surface area contributed by atoms with E-state index in [4.69, 9.17) is 9.47 Å². The maximum atomic E-state index is 12.7. The molecule has 1 atom stereocenters. The molecule has 3 rings (SSSR count). The summed E-state index contributed by atoms with van der Waals surface area (Å²) < 4.78 is 10.9. The molecule has 2 aromatic carbocycles. The Hall–Kier alpha value is -3.10. The fourth-order valence-corrected chi connectivity index (χ4v) is 3.43. The lowest BCUT2D eigenvalue weighted by molar-refractivity contribution is -0.122. The smallest absolute Gasteiger partial charge is 0.241 e. The number of anilines is 3. The number of para-hydroxylation sites is 2. The van der Waals surface area contributed by atoms with E-state index in [1.807, 2.05) is 49.4 Å². The van der Waals surface area contributed by atoms with Crippen LogP contribution in [-0.4, -0.2) is 69.3 Å². The van der Waals surface area contributed by atoms with E-state index in [1.54, 1.807) is 24.9 Å². The Balaban J connectivity index is 1.50. The molecule has 0 radical (unpaired) electrons. The average Bonchev–Trinajstić information content (AvgIpc) is 2.81. The second-order valence-corrected chi connectivity index (χ2v) is 7.70. The van der Waals surface area contributed by atoms with Gasteiger partial charge in [0.2, 0.25) is 11.8 Å². The maximum absolute atomic E-state index is 12.7. The van der Waals surface area contributed by atoms with Crippen LogP contribution in [0.25, 0.3) is 0 Å². The highest BCUT2D eigenvalue weighted by atomic mass is 16.5. The lowest BCUT2D eigenvalue weighted by Crippen LogP contribution is -2.43. The van der Waals surface area contributed by atoms with Crippen LogP contribution in [0.3, 0.4) is 0 Å². The number of likely N-dealkylation sites (N-methyl/N-ethyl adjacent to an activating group) is 1. The van der Waals surface area contributed by atoms with Crippen molar-refractivity contribution < 1.29 is 19.1 Å². The van der Waals surface area contributed by atoms with Crippen LogP contribution in [0, 0.1) is 0 Å². The number of rotatable bonds is 9. The van der Waals surface area contributed by atoms with Gasteiger partial charge in [0.1, 0.15) is 5.75 Å². The van der Waals surface area contributed by atoms with Crippen LogP contribution in [-0.2, 0) is 14.3 Å². The third kappa shape index (κ3) is 6.45. The van der Waals surface area contributed by atoms with Crippen LogP contribution in [0.4, 0.5) is 17.1 Å². The van der Waals surface area contributed by atoms with Crippen LogP contribution in [0.5, 0.6) is 5.75 Å². The molecule has 1 aliphatic heterocycles. The first-order chi connectivity index (χ1) is 15.5. The highest BCUT2D eigenvalue weighted by Crippen LogP contribution is 2.24. The van der Waals surface area contributed by atoms with Crippen molar-refractivity contribution in [1.29, 1.82) is 0 Å². The lowest BCUT2D eigenvalue weighted by atomic mass is 10.2. The fourth-order valence-electron chi connectivity index (χ4n) is 3.43. The Kier molecular flexibility index (Phi) is 8.47. The normalized spacial score (nSPS) is 14.7. The SMILES string of the molecule is CCOc1ccccc1NC(=O)C(C)N(C)CC(=O)Nc1ccc(N2CCOCC2)cc1. The number of nitrogens with zero attached hydrogens (tertiary/aromatic N) is 2. The zero-order valence-electron chi connectivity index (χ0n) is 19.0. The number of nitrogens with one attached hydrogen (secondary N) is 2. The first-order valence-corrected chi connectivity index (χ1v) is 10.9. The molecule has 2 N–H and O–H groups in total. The largest absolute Gasteiger partial charge is 0.492 e. The van der Waals surface area contributed by atoms with Gasteiger partial charge in [0, 0.05) is 24.5 Å². The van der Waals surface area contributed by atoms with Gasteiger partial charge in [-0.25, -0.2) is 0 Å². The second-order valence-electron chi connectivity index (χ2n) is 7.70.